The second-order valence-electron chi connectivity index (χ2n) is 5.34. The van der Waals surface area contributed by atoms with E-state index in [9.17, 15) is 14.4 Å². The van der Waals surface area contributed by atoms with Crippen molar-refractivity contribution in [3.63, 3.8) is 0 Å². The number of nitrogens with one attached hydrogen (secondary N) is 2. The molecule has 1 fully saturated rings. The molecule has 2 aliphatic rings. The van der Waals surface area contributed by atoms with Crippen LogP contribution in [-0.2, 0) is 14.4 Å². The van der Waals surface area contributed by atoms with Gasteiger partial charge in [-0.3, -0.25) is 24.7 Å². The molecule has 1 saturated heterocycles. The molecule has 0 spiro atoms. The van der Waals surface area contributed by atoms with Gasteiger partial charge in [-0.05, 0) is 31.0 Å². The highest BCUT2D eigenvalue weighted by molar-refractivity contribution is 6.09. The van der Waals surface area contributed by atoms with Crippen molar-refractivity contribution in [2.24, 2.45) is 10.3 Å². The minimum atomic E-state index is -0.846. The number of fused-ring (bicyclic) bond motifs is 1. The van der Waals surface area contributed by atoms with Gasteiger partial charge in [-0.2, -0.15) is 5.11 Å². The van der Waals surface area contributed by atoms with E-state index in [2.05, 4.69) is 21.0 Å². The molecule has 114 valence electrons. The van der Waals surface area contributed by atoms with Crippen LogP contribution in [0.15, 0.2) is 28.5 Å². The molecule has 2 atom stereocenters. The first-order valence-corrected chi connectivity index (χ1v) is 6.85. The maximum absolute atomic E-state index is 12.1. The Bertz CT molecular complexity index is 700. The Labute approximate surface area is 126 Å². The van der Waals surface area contributed by atoms with Crippen molar-refractivity contribution >= 4 is 23.4 Å². The molecule has 3 rings (SSSR count). The SMILES string of the molecule is Cc1cccc(NC(=O)CN2N=NC3C(=O)NC(=O)C32)c1C. The molecular weight excluding hydrogens is 286 g/mol. The molecule has 8 heteroatoms. The van der Waals surface area contributed by atoms with Crippen molar-refractivity contribution in [3.05, 3.63) is 29.3 Å². The lowest BCUT2D eigenvalue weighted by Crippen LogP contribution is -2.42. The standard InChI is InChI=1S/C14H15N5O3/c1-7-4-3-5-9(8(7)2)15-10(20)6-19-12-11(17-18-19)13(21)16-14(12)22/h3-5,11-12H,6H2,1-2H3,(H,15,20)(H,16,21,22). The molecule has 2 N–H and O–H groups in total. The summed E-state index contributed by atoms with van der Waals surface area (Å²) in [6.45, 7) is 3.73. The number of nitrogens with zero attached hydrogens (tertiary/aromatic N) is 3. The fraction of sp³-hybridized carbons (Fsp3) is 0.357. The van der Waals surface area contributed by atoms with Crippen molar-refractivity contribution in [3.8, 4) is 0 Å². The summed E-state index contributed by atoms with van der Waals surface area (Å²) in [4.78, 5) is 35.3. The molecule has 2 aliphatic heterocycles. The monoisotopic (exact) mass is 301 g/mol. The molecule has 2 unspecified atom stereocenters. The van der Waals surface area contributed by atoms with Gasteiger partial charge in [0.1, 0.15) is 6.54 Å². The van der Waals surface area contributed by atoms with Gasteiger partial charge in [-0.25, -0.2) is 0 Å². The number of amides is 3. The summed E-state index contributed by atoms with van der Waals surface area (Å²) < 4.78 is 0. The zero-order valence-electron chi connectivity index (χ0n) is 12.2. The summed E-state index contributed by atoms with van der Waals surface area (Å²) in [5, 5.41) is 13.7. The molecule has 1 aromatic rings. The van der Waals surface area contributed by atoms with Gasteiger partial charge in [0.25, 0.3) is 11.8 Å². The van der Waals surface area contributed by atoms with Crippen molar-refractivity contribution in [2.45, 2.75) is 25.9 Å². The number of benzene rings is 1. The number of anilines is 1. The van der Waals surface area contributed by atoms with Crippen LogP contribution in [0.25, 0.3) is 0 Å². The minimum absolute atomic E-state index is 0.140. The lowest BCUT2D eigenvalue weighted by Gasteiger charge is -2.18. The van der Waals surface area contributed by atoms with Crippen molar-refractivity contribution < 1.29 is 14.4 Å². The third kappa shape index (κ3) is 2.32. The van der Waals surface area contributed by atoms with Crippen LogP contribution in [0, 0.1) is 13.8 Å². The van der Waals surface area contributed by atoms with Gasteiger partial charge in [0, 0.05) is 5.69 Å². The normalized spacial score (nSPS) is 22.7. The van der Waals surface area contributed by atoms with Gasteiger partial charge < -0.3 is 5.32 Å². The Kier molecular flexibility index (Phi) is 3.36. The van der Waals surface area contributed by atoms with Crippen LogP contribution in [0.5, 0.6) is 0 Å². The first kappa shape index (κ1) is 14.2. The van der Waals surface area contributed by atoms with Gasteiger partial charge in [0.2, 0.25) is 5.91 Å². The number of aryl methyl sites for hydroxylation is 1. The average molecular weight is 301 g/mol. The molecule has 0 aromatic heterocycles. The molecule has 8 nitrogen and oxygen atoms in total. The third-order valence-electron chi connectivity index (χ3n) is 3.88. The number of hydrogen-bond acceptors (Lipinski definition) is 6. The molecule has 0 bridgehead atoms. The topological polar surface area (TPSA) is 103 Å². The molecule has 0 aliphatic carbocycles. The van der Waals surface area contributed by atoms with Gasteiger partial charge in [0.15, 0.2) is 12.1 Å². The van der Waals surface area contributed by atoms with Gasteiger partial charge >= 0.3 is 0 Å². The van der Waals surface area contributed by atoms with Crippen LogP contribution >= 0.6 is 0 Å². The number of carbonyl (C=O) groups is 3. The van der Waals surface area contributed by atoms with Crippen molar-refractivity contribution in [1.29, 1.82) is 0 Å². The second-order valence-corrected chi connectivity index (χ2v) is 5.34. The van der Waals surface area contributed by atoms with Crippen LogP contribution < -0.4 is 10.6 Å². The van der Waals surface area contributed by atoms with Gasteiger partial charge in [0.05, 0.1) is 0 Å². The highest BCUT2D eigenvalue weighted by Crippen LogP contribution is 2.23. The van der Waals surface area contributed by atoms with Crippen molar-refractivity contribution in [1.82, 2.24) is 10.3 Å². The van der Waals surface area contributed by atoms with Crippen molar-refractivity contribution in [2.75, 3.05) is 11.9 Å². The van der Waals surface area contributed by atoms with Crippen LogP contribution in [-0.4, -0.2) is 41.4 Å². The van der Waals surface area contributed by atoms with Gasteiger partial charge in [-0.15, -0.1) is 0 Å². The summed E-state index contributed by atoms with van der Waals surface area (Å²) in [5.41, 5.74) is 2.76. The van der Waals surface area contributed by atoms with E-state index in [1.165, 1.54) is 5.01 Å². The fourth-order valence-electron chi connectivity index (χ4n) is 2.50. The number of hydrogen-bond donors (Lipinski definition) is 2. The summed E-state index contributed by atoms with van der Waals surface area (Å²) in [6.07, 6.45) is 0. The highest BCUT2D eigenvalue weighted by Gasteiger charge is 2.49. The number of rotatable bonds is 3. The van der Waals surface area contributed by atoms with Crippen LogP contribution in [0.1, 0.15) is 11.1 Å². The first-order chi connectivity index (χ1) is 10.5. The Hall–Kier alpha value is -2.77. The fourth-order valence-corrected chi connectivity index (χ4v) is 2.50. The maximum Gasteiger partial charge on any atom is 0.256 e. The summed E-state index contributed by atoms with van der Waals surface area (Å²) >= 11 is 0. The van der Waals surface area contributed by atoms with E-state index < -0.39 is 23.9 Å². The largest absolute Gasteiger partial charge is 0.324 e. The van der Waals surface area contributed by atoms with E-state index in [-0.39, 0.29) is 12.5 Å². The Balaban J connectivity index is 1.68. The lowest BCUT2D eigenvalue weighted by atomic mass is 10.1. The summed E-state index contributed by atoms with van der Waals surface area (Å²) in [6, 6.07) is 3.95. The second kappa shape index (κ2) is 5.21. The molecule has 0 saturated carbocycles. The van der Waals surface area contributed by atoms with E-state index in [0.29, 0.717) is 5.69 Å². The summed E-state index contributed by atoms with van der Waals surface area (Å²) in [7, 11) is 0. The molecular formula is C14H15N5O3. The van der Waals surface area contributed by atoms with E-state index >= 15 is 0 Å². The van der Waals surface area contributed by atoms with E-state index in [1.807, 2.05) is 26.0 Å². The zero-order chi connectivity index (χ0) is 15.9. The van der Waals surface area contributed by atoms with E-state index in [1.54, 1.807) is 6.07 Å². The highest BCUT2D eigenvalue weighted by atomic mass is 16.2. The molecule has 22 heavy (non-hydrogen) atoms. The predicted octanol–water partition coefficient (Wildman–Crippen LogP) is 0.318. The van der Waals surface area contributed by atoms with Crippen LogP contribution in [0.3, 0.4) is 0 Å². The molecule has 0 radical (unpaired) electrons. The zero-order valence-corrected chi connectivity index (χ0v) is 12.2. The Morgan fingerprint density at radius 2 is 2.09 bits per heavy atom. The summed E-state index contributed by atoms with van der Waals surface area (Å²) in [5.74, 6) is -1.27. The minimum Gasteiger partial charge on any atom is -0.324 e. The predicted molar refractivity (Wildman–Crippen MR) is 76.8 cm³/mol. The number of imide groups is 1. The smallest absolute Gasteiger partial charge is 0.256 e. The molecule has 3 amide bonds. The average Bonchev–Trinajstić information content (AvgIpc) is 2.99. The Morgan fingerprint density at radius 1 is 1.32 bits per heavy atom. The number of carbonyl (C=O) groups excluding carboxylic acids is 3. The van der Waals surface area contributed by atoms with Crippen LogP contribution in [0.4, 0.5) is 5.69 Å². The van der Waals surface area contributed by atoms with Crippen LogP contribution in [0.2, 0.25) is 0 Å². The van der Waals surface area contributed by atoms with E-state index in [0.717, 1.165) is 11.1 Å². The maximum atomic E-state index is 12.1. The molecule has 1 aromatic carbocycles. The van der Waals surface area contributed by atoms with Gasteiger partial charge in [-0.1, -0.05) is 17.4 Å². The first-order valence-electron chi connectivity index (χ1n) is 6.85. The third-order valence-corrected chi connectivity index (χ3v) is 3.88. The molecule has 2 heterocycles. The quantitative estimate of drug-likeness (QED) is 0.784. The lowest BCUT2D eigenvalue weighted by molar-refractivity contribution is -0.126. The Morgan fingerprint density at radius 3 is 2.86 bits per heavy atom. The van der Waals surface area contributed by atoms with E-state index in [4.69, 9.17) is 0 Å².